The van der Waals surface area contributed by atoms with E-state index in [0.29, 0.717) is 18.3 Å². The molecule has 0 radical (unpaired) electrons. The summed E-state index contributed by atoms with van der Waals surface area (Å²) in [4.78, 5) is 31.2. The van der Waals surface area contributed by atoms with Crippen LogP contribution in [0.1, 0.15) is 60.8 Å². The Morgan fingerprint density at radius 2 is 1.53 bits per heavy atom. The zero-order valence-electron chi connectivity index (χ0n) is 23.0. The van der Waals surface area contributed by atoms with Crippen LogP contribution in [0.2, 0.25) is 0 Å². The molecule has 36 heavy (non-hydrogen) atoms. The molecule has 8 heteroatoms. The van der Waals surface area contributed by atoms with Crippen molar-refractivity contribution < 1.29 is 23.8 Å². The summed E-state index contributed by atoms with van der Waals surface area (Å²) in [5, 5.41) is 0. The monoisotopic (exact) mass is 503 g/mol. The highest BCUT2D eigenvalue weighted by molar-refractivity contribution is 5.79. The fourth-order valence-corrected chi connectivity index (χ4v) is 4.69. The number of amides is 1. The van der Waals surface area contributed by atoms with Gasteiger partial charge in [0.15, 0.2) is 5.60 Å². The Bertz CT molecular complexity index is 849. The van der Waals surface area contributed by atoms with Crippen molar-refractivity contribution in [3.05, 3.63) is 24.3 Å². The van der Waals surface area contributed by atoms with Crippen molar-refractivity contribution in [3.8, 4) is 5.75 Å². The predicted molar refractivity (Wildman–Crippen MR) is 142 cm³/mol. The third kappa shape index (κ3) is 8.29. The average molecular weight is 504 g/mol. The molecule has 2 saturated heterocycles. The summed E-state index contributed by atoms with van der Waals surface area (Å²) in [7, 11) is 0. The quantitative estimate of drug-likeness (QED) is 0.482. The summed E-state index contributed by atoms with van der Waals surface area (Å²) in [5.74, 6) is 0.972. The Morgan fingerprint density at radius 1 is 0.917 bits per heavy atom. The zero-order chi connectivity index (χ0) is 26.3. The summed E-state index contributed by atoms with van der Waals surface area (Å²) in [6, 6.07) is 7.97. The van der Waals surface area contributed by atoms with Crippen LogP contribution in [0.15, 0.2) is 24.3 Å². The van der Waals surface area contributed by atoms with Crippen LogP contribution in [0.3, 0.4) is 0 Å². The molecule has 0 saturated carbocycles. The van der Waals surface area contributed by atoms with Crippen LogP contribution in [0, 0.1) is 5.92 Å². The van der Waals surface area contributed by atoms with Gasteiger partial charge in [0.05, 0.1) is 6.61 Å². The standard InChI is InChI=1S/C28H45N3O5/c1-7-34-25(32)28(5,6)35-24-10-8-23(9-11-24)30-20-18-29(19-21-30)15-12-22-13-16-31(17-14-22)26(33)36-27(2,3)4/h8-11,22H,7,12-21H2,1-6H3. The van der Waals surface area contributed by atoms with E-state index in [9.17, 15) is 9.59 Å². The minimum atomic E-state index is -1.02. The maximum atomic E-state index is 12.3. The molecule has 1 amide bonds. The van der Waals surface area contributed by atoms with Crippen molar-refractivity contribution in [1.29, 1.82) is 0 Å². The first-order chi connectivity index (χ1) is 17.0. The topological polar surface area (TPSA) is 71.6 Å². The molecule has 2 aliphatic heterocycles. The van der Waals surface area contributed by atoms with Gasteiger partial charge >= 0.3 is 12.1 Å². The molecule has 2 fully saturated rings. The lowest BCUT2D eigenvalue weighted by Gasteiger charge is -2.38. The van der Waals surface area contributed by atoms with E-state index < -0.39 is 11.2 Å². The SMILES string of the molecule is CCOC(=O)C(C)(C)Oc1ccc(N2CCN(CCC3CCN(C(=O)OC(C)(C)C)CC3)CC2)cc1. The number of benzene rings is 1. The molecular formula is C28H45N3O5. The highest BCUT2D eigenvalue weighted by Crippen LogP contribution is 2.26. The molecule has 202 valence electrons. The van der Waals surface area contributed by atoms with E-state index in [2.05, 4.69) is 21.9 Å². The molecular weight excluding hydrogens is 458 g/mol. The van der Waals surface area contributed by atoms with Crippen molar-refractivity contribution in [2.45, 2.75) is 72.0 Å². The fourth-order valence-electron chi connectivity index (χ4n) is 4.69. The average Bonchev–Trinajstić information content (AvgIpc) is 2.83. The van der Waals surface area contributed by atoms with Crippen LogP contribution in [-0.2, 0) is 14.3 Å². The molecule has 0 aliphatic carbocycles. The Hall–Kier alpha value is -2.48. The van der Waals surface area contributed by atoms with E-state index in [0.717, 1.165) is 58.7 Å². The second kappa shape index (κ2) is 12.2. The van der Waals surface area contributed by atoms with Crippen LogP contribution >= 0.6 is 0 Å². The third-order valence-corrected chi connectivity index (χ3v) is 6.83. The lowest BCUT2D eigenvalue weighted by molar-refractivity contribution is -0.158. The summed E-state index contributed by atoms with van der Waals surface area (Å²) >= 11 is 0. The summed E-state index contributed by atoms with van der Waals surface area (Å²) in [6.45, 7) is 18.1. The van der Waals surface area contributed by atoms with Gasteiger partial charge in [-0.25, -0.2) is 9.59 Å². The van der Waals surface area contributed by atoms with E-state index in [-0.39, 0.29) is 12.1 Å². The number of likely N-dealkylation sites (tertiary alicyclic amines) is 1. The van der Waals surface area contributed by atoms with Crippen LogP contribution in [-0.4, -0.2) is 85.5 Å². The first-order valence-corrected chi connectivity index (χ1v) is 13.4. The number of piperazine rings is 1. The van der Waals surface area contributed by atoms with Crippen molar-refractivity contribution in [2.24, 2.45) is 5.92 Å². The molecule has 0 atom stereocenters. The molecule has 0 bridgehead atoms. The Morgan fingerprint density at radius 3 is 2.08 bits per heavy atom. The van der Waals surface area contributed by atoms with E-state index in [4.69, 9.17) is 14.2 Å². The van der Waals surface area contributed by atoms with Crippen LogP contribution in [0.5, 0.6) is 5.75 Å². The van der Waals surface area contributed by atoms with E-state index in [1.165, 1.54) is 12.1 Å². The van der Waals surface area contributed by atoms with E-state index in [1.54, 1.807) is 20.8 Å². The smallest absolute Gasteiger partial charge is 0.410 e. The lowest BCUT2D eigenvalue weighted by Crippen LogP contribution is -2.47. The van der Waals surface area contributed by atoms with Gasteiger partial charge in [-0.1, -0.05) is 0 Å². The van der Waals surface area contributed by atoms with Crippen molar-refractivity contribution in [2.75, 3.05) is 57.3 Å². The number of hydrogen-bond acceptors (Lipinski definition) is 7. The molecule has 0 spiro atoms. The molecule has 0 aromatic heterocycles. The van der Waals surface area contributed by atoms with Gasteiger partial charge in [-0.05, 0) is 97.5 Å². The van der Waals surface area contributed by atoms with Crippen molar-refractivity contribution in [1.82, 2.24) is 9.80 Å². The van der Waals surface area contributed by atoms with Gasteiger partial charge < -0.3 is 24.0 Å². The first kappa shape index (κ1) is 28.1. The molecule has 2 heterocycles. The van der Waals surface area contributed by atoms with Gasteiger partial charge in [-0.2, -0.15) is 0 Å². The van der Waals surface area contributed by atoms with E-state index in [1.807, 2.05) is 37.8 Å². The maximum Gasteiger partial charge on any atom is 0.410 e. The summed E-state index contributed by atoms with van der Waals surface area (Å²) in [5.41, 5.74) is -0.284. The van der Waals surface area contributed by atoms with Crippen molar-refractivity contribution >= 4 is 17.7 Å². The van der Waals surface area contributed by atoms with Gasteiger partial charge in [0.2, 0.25) is 0 Å². The summed E-state index contributed by atoms with van der Waals surface area (Å²) in [6.07, 6.45) is 3.12. The Labute approximate surface area is 216 Å². The number of hydrogen-bond donors (Lipinski definition) is 0. The number of piperidine rings is 1. The molecule has 0 unspecified atom stereocenters. The Balaban J connectivity index is 1.37. The van der Waals surface area contributed by atoms with Crippen LogP contribution in [0.25, 0.3) is 0 Å². The minimum Gasteiger partial charge on any atom is -0.476 e. The summed E-state index contributed by atoms with van der Waals surface area (Å²) < 4.78 is 16.5. The number of carbonyl (C=O) groups excluding carboxylic acids is 2. The minimum absolute atomic E-state index is 0.181. The molecule has 1 aromatic rings. The molecule has 2 aliphatic rings. The number of ether oxygens (including phenoxy) is 3. The lowest BCUT2D eigenvalue weighted by atomic mass is 9.93. The van der Waals surface area contributed by atoms with Gasteiger partial charge in [0.25, 0.3) is 0 Å². The van der Waals surface area contributed by atoms with Gasteiger partial charge in [-0.15, -0.1) is 0 Å². The molecule has 8 nitrogen and oxygen atoms in total. The molecule has 3 rings (SSSR count). The van der Waals surface area contributed by atoms with Crippen LogP contribution in [0.4, 0.5) is 10.5 Å². The Kier molecular flexibility index (Phi) is 9.50. The predicted octanol–water partition coefficient (Wildman–Crippen LogP) is 4.57. The third-order valence-electron chi connectivity index (χ3n) is 6.83. The second-order valence-electron chi connectivity index (χ2n) is 11.4. The maximum absolute atomic E-state index is 12.3. The van der Waals surface area contributed by atoms with Crippen LogP contribution < -0.4 is 9.64 Å². The number of carbonyl (C=O) groups is 2. The van der Waals surface area contributed by atoms with Crippen molar-refractivity contribution in [3.63, 3.8) is 0 Å². The molecule has 1 aromatic carbocycles. The number of nitrogens with zero attached hydrogens (tertiary/aromatic N) is 3. The fraction of sp³-hybridized carbons (Fsp3) is 0.714. The van der Waals surface area contributed by atoms with E-state index >= 15 is 0 Å². The van der Waals surface area contributed by atoms with Gasteiger partial charge in [0.1, 0.15) is 11.4 Å². The first-order valence-electron chi connectivity index (χ1n) is 13.4. The van der Waals surface area contributed by atoms with Gasteiger partial charge in [0, 0.05) is 45.0 Å². The number of rotatable bonds is 8. The number of anilines is 1. The zero-order valence-corrected chi connectivity index (χ0v) is 23.0. The second-order valence-corrected chi connectivity index (χ2v) is 11.4. The normalized spacial score (nSPS) is 18.2. The number of esters is 1. The largest absolute Gasteiger partial charge is 0.476 e. The van der Waals surface area contributed by atoms with Gasteiger partial charge in [-0.3, -0.25) is 4.90 Å². The highest BCUT2D eigenvalue weighted by atomic mass is 16.6. The highest BCUT2D eigenvalue weighted by Gasteiger charge is 2.32. The molecule has 0 N–H and O–H groups in total.